The van der Waals surface area contributed by atoms with Crippen LogP contribution in [-0.4, -0.2) is 66.2 Å². The van der Waals surface area contributed by atoms with Gasteiger partial charge in [0, 0.05) is 13.1 Å². The number of alkyl carbamates (subject to hydrolysis) is 2. The van der Waals surface area contributed by atoms with E-state index in [2.05, 4.69) is 16.0 Å². The van der Waals surface area contributed by atoms with Crippen LogP contribution in [0.25, 0.3) is 0 Å². The molecule has 10 nitrogen and oxygen atoms in total. The molecule has 6 N–H and O–H groups in total. The first kappa shape index (κ1) is 25.9. The second-order valence-electron chi connectivity index (χ2n) is 8.41. The molecule has 3 amide bonds. The number of hydrogen-bond acceptors (Lipinski definition) is 7. The van der Waals surface area contributed by atoms with E-state index >= 15 is 0 Å². The summed E-state index contributed by atoms with van der Waals surface area (Å²) >= 11 is 0. The zero-order valence-corrected chi connectivity index (χ0v) is 17.8. The van der Waals surface area contributed by atoms with Crippen LogP contribution in [0.4, 0.5) is 9.59 Å². The lowest BCUT2D eigenvalue weighted by Crippen LogP contribution is -2.50. The molecule has 164 valence electrons. The number of nitrogens with one attached hydrogen (secondary N) is 3. The van der Waals surface area contributed by atoms with Gasteiger partial charge in [-0.05, 0) is 60.9 Å². The van der Waals surface area contributed by atoms with E-state index < -0.39 is 41.4 Å². The zero-order valence-electron chi connectivity index (χ0n) is 17.8. The highest BCUT2D eigenvalue weighted by Gasteiger charge is 2.24. The van der Waals surface area contributed by atoms with E-state index in [1.165, 1.54) is 0 Å². The smallest absolute Gasteiger partial charge is 0.408 e. The Balaban J connectivity index is 4.49. The molecule has 0 saturated carbocycles. The van der Waals surface area contributed by atoms with Crippen molar-refractivity contribution in [3.05, 3.63) is 0 Å². The van der Waals surface area contributed by atoms with Gasteiger partial charge in [0.1, 0.15) is 17.2 Å². The number of carbonyl (C=O) groups is 3. The highest BCUT2D eigenvalue weighted by Crippen LogP contribution is 2.08. The van der Waals surface area contributed by atoms with Gasteiger partial charge in [-0.25, -0.2) is 9.59 Å². The monoisotopic (exact) mass is 404 g/mol. The van der Waals surface area contributed by atoms with Crippen molar-refractivity contribution in [2.24, 2.45) is 5.73 Å². The maximum atomic E-state index is 12.3. The fraction of sp³-hybridized carbons (Fsp3) is 0.833. The number of ether oxygens (including phenoxy) is 2. The Morgan fingerprint density at radius 2 is 1.43 bits per heavy atom. The summed E-state index contributed by atoms with van der Waals surface area (Å²) in [6.45, 7) is 10.5. The van der Waals surface area contributed by atoms with E-state index in [9.17, 15) is 19.5 Å². The number of rotatable bonds is 9. The average molecular weight is 405 g/mol. The third-order valence-corrected chi connectivity index (χ3v) is 3.10. The van der Waals surface area contributed by atoms with Gasteiger partial charge in [0.15, 0.2) is 0 Å². The Labute approximate surface area is 166 Å². The van der Waals surface area contributed by atoms with Crippen molar-refractivity contribution in [3.63, 3.8) is 0 Å². The van der Waals surface area contributed by atoms with Crippen molar-refractivity contribution in [1.29, 1.82) is 0 Å². The molecule has 0 spiro atoms. The summed E-state index contributed by atoms with van der Waals surface area (Å²) in [5.74, 6) is -0.476. The lowest BCUT2D eigenvalue weighted by molar-refractivity contribution is -0.123. The van der Waals surface area contributed by atoms with E-state index in [1.54, 1.807) is 41.5 Å². The molecular weight excluding hydrogens is 368 g/mol. The molecular formula is C18H36N4O6. The quantitative estimate of drug-likeness (QED) is 0.378. The van der Waals surface area contributed by atoms with Gasteiger partial charge < -0.3 is 36.3 Å². The Hall–Kier alpha value is -2.07. The van der Waals surface area contributed by atoms with Crippen LogP contribution in [-0.2, 0) is 14.3 Å². The normalized spacial score (nSPS) is 13.9. The molecule has 0 rings (SSSR count). The van der Waals surface area contributed by atoms with Gasteiger partial charge in [-0.15, -0.1) is 0 Å². The Bertz CT molecular complexity index is 513. The van der Waals surface area contributed by atoms with Crippen molar-refractivity contribution in [2.45, 2.75) is 77.7 Å². The molecule has 0 radical (unpaired) electrons. The van der Waals surface area contributed by atoms with E-state index in [4.69, 9.17) is 15.2 Å². The number of aliphatic hydroxyl groups excluding tert-OH is 1. The lowest BCUT2D eigenvalue weighted by atomic mass is 10.1. The van der Waals surface area contributed by atoms with Crippen molar-refractivity contribution in [2.75, 3.05) is 19.6 Å². The predicted octanol–water partition coefficient (Wildman–Crippen LogP) is 0.620. The van der Waals surface area contributed by atoms with Gasteiger partial charge in [0.05, 0.1) is 6.10 Å². The first-order valence-electron chi connectivity index (χ1n) is 9.35. The maximum absolute atomic E-state index is 12.3. The summed E-state index contributed by atoms with van der Waals surface area (Å²) in [6.07, 6.45) is -1.54. The molecule has 0 aliphatic rings. The predicted molar refractivity (Wildman–Crippen MR) is 105 cm³/mol. The summed E-state index contributed by atoms with van der Waals surface area (Å²) in [5, 5.41) is 17.4. The summed E-state index contributed by atoms with van der Waals surface area (Å²) in [4.78, 5) is 35.8. The van der Waals surface area contributed by atoms with E-state index in [-0.39, 0.29) is 13.1 Å². The van der Waals surface area contributed by atoms with E-state index in [0.717, 1.165) is 0 Å². The van der Waals surface area contributed by atoms with Gasteiger partial charge in [0.25, 0.3) is 0 Å². The molecule has 0 aromatic rings. The minimum atomic E-state index is -1.02. The van der Waals surface area contributed by atoms with Crippen molar-refractivity contribution < 1.29 is 29.0 Å². The average Bonchev–Trinajstić information content (AvgIpc) is 2.51. The molecule has 2 atom stereocenters. The van der Waals surface area contributed by atoms with Crippen LogP contribution in [0, 0.1) is 0 Å². The minimum absolute atomic E-state index is 0.0951. The largest absolute Gasteiger partial charge is 0.444 e. The molecule has 0 aliphatic carbocycles. The fourth-order valence-corrected chi connectivity index (χ4v) is 1.97. The fourth-order valence-electron chi connectivity index (χ4n) is 1.97. The number of hydrogen-bond donors (Lipinski definition) is 5. The van der Waals surface area contributed by atoms with Gasteiger partial charge in [-0.3, -0.25) is 4.79 Å². The third kappa shape index (κ3) is 14.0. The summed E-state index contributed by atoms with van der Waals surface area (Å²) in [6, 6.07) is -0.843. The van der Waals surface area contributed by atoms with Crippen molar-refractivity contribution in [1.82, 2.24) is 16.0 Å². The van der Waals surface area contributed by atoms with Crippen molar-refractivity contribution >= 4 is 18.1 Å². The Morgan fingerprint density at radius 1 is 0.929 bits per heavy atom. The SMILES string of the molecule is CC(C)(C)OC(=O)NCC(O)CNC(=O)[C@H](CCCN)NC(=O)OC(C)(C)C. The van der Waals surface area contributed by atoms with Crippen LogP contribution in [0.15, 0.2) is 0 Å². The van der Waals surface area contributed by atoms with Crippen LogP contribution in [0.5, 0.6) is 0 Å². The molecule has 0 heterocycles. The highest BCUT2D eigenvalue weighted by atomic mass is 16.6. The second-order valence-corrected chi connectivity index (χ2v) is 8.41. The van der Waals surface area contributed by atoms with Crippen LogP contribution < -0.4 is 21.7 Å². The van der Waals surface area contributed by atoms with Crippen molar-refractivity contribution in [3.8, 4) is 0 Å². The van der Waals surface area contributed by atoms with Crippen LogP contribution in [0.2, 0.25) is 0 Å². The molecule has 28 heavy (non-hydrogen) atoms. The van der Waals surface area contributed by atoms with Gasteiger partial charge in [0.2, 0.25) is 5.91 Å². The number of amides is 3. The highest BCUT2D eigenvalue weighted by molar-refractivity contribution is 5.85. The number of aliphatic hydroxyl groups is 1. The first-order valence-corrected chi connectivity index (χ1v) is 9.35. The van der Waals surface area contributed by atoms with Crippen LogP contribution in [0.1, 0.15) is 54.4 Å². The molecule has 0 bridgehead atoms. The molecule has 0 fully saturated rings. The zero-order chi connectivity index (χ0) is 22.0. The molecule has 0 aliphatic heterocycles. The molecule has 10 heteroatoms. The summed E-state index contributed by atoms with van der Waals surface area (Å²) in [5.41, 5.74) is 4.14. The molecule has 1 unspecified atom stereocenters. The molecule has 0 saturated heterocycles. The Kier molecular flexibility index (Phi) is 10.8. The first-order chi connectivity index (χ1) is 12.7. The minimum Gasteiger partial charge on any atom is -0.444 e. The topological polar surface area (TPSA) is 152 Å². The van der Waals surface area contributed by atoms with Crippen LogP contribution >= 0.6 is 0 Å². The number of carbonyl (C=O) groups excluding carboxylic acids is 3. The van der Waals surface area contributed by atoms with Gasteiger partial charge in [-0.1, -0.05) is 0 Å². The maximum Gasteiger partial charge on any atom is 0.408 e. The number of nitrogens with two attached hydrogens (primary N) is 1. The summed E-state index contributed by atoms with van der Waals surface area (Å²) in [7, 11) is 0. The van der Waals surface area contributed by atoms with E-state index in [0.29, 0.717) is 19.4 Å². The van der Waals surface area contributed by atoms with E-state index in [1.807, 2.05) is 0 Å². The lowest BCUT2D eigenvalue weighted by Gasteiger charge is -2.24. The second kappa shape index (κ2) is 11.7. The van der Waals surface area contributed by atoms with Gasteiger partial charge in [-0.2, -0.15) is 0 Å². The molecule has 0 aromatic carbocycles. The third-order valence-electron chi connectivity index (χ3n) is 3.10. The van der Waals surface area contributed by atoms with Gasteiger partial charge >= 0.3 is 12.2 Å². The van der Waals surface area contributed by atoms with Crippen LogP contribution in [0.3, 0.4) is 0 Å². The summed E-state index contributed by atoms with van der Waals surface area (Å²) < 4.78 is 10.2. The standard InChI is InChI=1S/C18H36N4O6/c1-17(2,3)27-15(25)21-11-12(23)10-20-14(24)13(8-7-9-19)22-16(26)28-18(4,5)6/h12-13,23H,7-11,19H2,1-6H3,(H,20,24)(H,21,25)(H,22,26)/t12?,13-/m0/s1. The Morgan fingerprint density at radius 3 is 1.93 bits per heavy atom. The molecule has 0 aromatic heterocycles.